The number of urea groups is 1. The number of halogens is 1. The molecule has 0 aromatic heterocycles. The van der Waals surface area contributed by atoms with Crippen LogP contribution < -0.4 is 16.1 Å². The van der Waals surface area contributed by atoms with Gasteiger partial charge in [-0.3, -0.25) is 0 Å². The van der Waals surface area contributed by atoms with Crippen molar-refractivity contribution in [2.24, 2.45) is 0 Å². The molecule has 3 rings (SSSR count). The van der Waals surface area contributed by atoms with Crippen molar-refractivity contribution in [1.82, 2.24) is 25.6 Å². The topological polar surface area (TPSA) is 62.9 Å². The van der Waals surface area contributed by atoms with Crippen molar-refractivity contribution in [3.05, 3.63) is 75.2 Å². The molecule has 0 bridgehead atoms. The Kier molecular flexibility index (Phi) is 9.60. The number of hydrogen-bond acceptors (Lipinski definition) is 5. The molecule has 190 valence electrons. The van der Waals surface area contributed by atoms with Crippen LogP contribution in [-0.4, -0.2) is 68.2 Å². The van der Waals surface area contributed by atoms with Crippen LogP contribution in [0.3, 0.4) is 0 Å². The van der Waals surface area contributed by atoms with E-state index in [9.17, 15) is 4.79 Å². The van der Waals surface area contributed by atoms with Crippen molar-refractivity contribution < 1.29 is 4.79 Å². The second kappa shape index (κ2) is 12.4. The van der Waals surface area contributed by atoms with E-state index in [-0.39, 0.29) is 6.03 Å². The largest absolute Gasteiger partial charge is 0.369 e. The number of nitrogens with one attached hydrogen (secondary N) is 3. The Hall–Kier alpha value is -2.55. The molecule has 1 fully saturated rings. The minimum Gasteiger partial charge on any atom is -0.369 e. The van der Waals surface area contributed by atoms with Gasteiger partial charge in [0.2, 0.25) is 0 Å². The van der Waals surface area contributed by atoms with Crippen molar-refractivity contribution in [1.29, 1.82) is 0 Å². The SMILES string of the molecule is CNN(C)/C(C1=CC(NC(=O)Nc2ccc(C(C)C)cc2)=CC(N2CCN(C)CC2)=CC1)=C(\C)Br. The van der Waals surface area contributed by atoms with Crippen molar-refractivity contribution in [3.8, 4) is 0 Å². The Labute approximate surface area is 218 Å². The molecule has 3 N–H and O–H groups in total. The lowest BCUT2D eigenvalue weighted by atomic mass is 10.0. The maximum atomic E-state index is 13.0. The lowest BCUT2D eigenvalue weighted by Crippen LogP contribution is -2.43. The molecule has 2 aliphatic rings. The fourth-order valence-corrected chi connectivity index (χ4v) is 4.79. The zero-order chi connectivity index (χ0) is 25.5. The Morgan fingerprint density at radius 2 is 1.71 bits per heavy atom. The maximum Gasteiger partial charge on any atom is 0.323 e. The van der Waals surface area contributed by atoms with Gasteiger partial charge in [0, 0.05) is 61.8 Å². The number of benzene rings is 1. The summed E-state index contributed by atoms with van der Waals surface area (Å²) >= 11 is 3.67. The molecule has 0 unspecified atom stereocenters. The van der Waals surface area contributed by atoms with E-state index in [0.29, 0.717) is 5.92 Å². The van der Waals surface area contributed by atoms with Crippen LogP contribution in [0.5, 0.6) is 0 Å². The second-order valence-electron chi connectivity index (χ2n) is 9.41. The summed E-state index contributed by atoms with van der Waals surface area (Å²) in [5, 5.41) is 8.04. The number of hydrogen-bond donors (Lipinski definition) is 3. The van der Waals surface area contributed by atoms with Crippen molar-refractivity contribution in [2.45, 2.75) is 33.1 Å². The van der Waals surface area contributed by atoms with E-state index in [0.717, 1.165) is 65.4 Å². The van der Waals surface area contributed by atoms with Crippen LogP contribution >= 0.6 is 15.9 Å². The quantitative estimate of drug-likeness (QED) is 0.424. The number of carbonyl (C=O) groups excluding carboxylic acids is 1. The highest BCUT2D eigenvalue weighted by molar-refractivity contribution is 9.11. The third-order valence-corrected chi connectivity index (χ3v) is 6.80. The second-order valence-corrected chi connectivity index (χ2v) is 10.6. The molecule has 1 aliphatic carbocycles. The van der Waals surface area contributed by atoms with Crippen LogP contribution in [0.1, 0.15) is 38.7 Å². The zero-order valence-electron chi connectivity index (χ0n) is 21.8. The van der Waals surface area contributed by atoms with E-state index in [1.54, 1.807) is 0 Å². The van der Waals surface area contributed by atoms with Gasteiger partial charge < -0.3 is 25.4 Å². The van der Waals surface area contributed by atoms with Gasteiger partial charge in [-0.1, -0.05) is 48.0 Å². The summed E-state index contributed by atoms with van der Waals surface area (Å²) < 4.78 is 1.02. The normalized spacial score (nSPS) is 17.7. The number of nitrogens with zero attached hydrogens (tertiary/aromatic N) is 3. The number of allylic oxidation sites excluding steroid dienone is 5. The number of amides is 2. The minimum atomic E-state index is -0.258. The maximum absolute atomic E-state index is 13.0. The van der Waals surface area contributed by atoms with Crippen LogP contribution in [0.2, 0.25) is 0 Å². The van der Waals surface area contributed by atoms with Gasteiger partial charge in [-0.05, 0) is 61.7 Å². The first-order valence-electron chi connectivity index (χ1n) is 12.2. The highest BCUT2D eigenvalue weighted by atomic mass is 79.9. The number of likely N-dealkylation sites (N-methyl/N-ethyl adjacent to an activating group) is 2. The number of carbonyl (C=O) groups is 1. The predicted molar refractivity (Wildman–Crippen MR) is 149 cm³/mol. The van der Waals surface area contributed by atoms with E-state index >= 15 is 0 Å². The molecule has 0 spiro atoms. The zero-order valence-corrected chi connectivity index (χ0v) is 23.4. The Morgan fingerprint density at radius 3 is 2.29 bits per heavy atom. The first-order valence-corrected chi connectivity index (χ1v) is 13.0. The van der Waals surface area contributed by atoms with Crippen LogP contribution in [0, 0.1) is 0 Å². The fraction of sp³-hybridized carbons (Fsp3) is 0.444. The molecule has 7 nitrogen and oxygen atoms in total. The Morgan fingerprint density at radius 1 is 1.06 bits per heavy atom. The average Bonchev–Trinajstić information content (AvgIpc) is 3.02. The van der Waals surface area contributed by atoms with E-state index in [1.807, 2.05) is 38.2 Å². The molecule has 1 aliphatic heterocycles. The van der Waals surface area contributed by atoms with Gasteiger partial charge in [-0.2, -0.15) is 0 Å². The van der Waals surface area contributed by atoms with E-state index in [1.165, 1.54) is 5.56 Å². The minimum absolute atomic E-state index is 0.258. The number of piperazine rings is 1. The van der Waals surface area contributed by atoms with Crippen molar-refractivity contribution >= 4 is 27.6 Å². The molecule has 1 heterocycles. The van der Waals surface area contributed by atoms with Gasteiger partial charge in [-0.25, -0.2) is 10.2 Å². The van der Waals surface area contributed by atoms with Crippen LogP contribution in [0.4, 0.5) is 10.5 Å². The Bertz CT molecular complexity index is 1010. The number of hydrazine groups is 1. The molecule has 8 heteroatoms. The molecule has 35 heavy (non-hydrogen) atoms. The summed E-state index contributed by atoms with van der Waals surface area (Å²) in [6.45, 7) is 10.3. The third kappa shape index (κ3) is 7.46. The lowest BCUT2D eigenvalue weighted by molar-refractivity contribution is 0.190. The van der Waals surface area contributed by atoms with Gasteiger partial charge in [0.15, 0.2) is 0 Å². The lowest BCUT2D eigenvalue weighted by Gasteiger charge is -2.34. The standard InChI is InChI=1S/C27H39BrN6O/c1-19(2)21-7-10-23(11-8-21)30-27(35)31-24-17-22(26(20(3)28)33(6)29-4)9-12-25(18-24)34-15-13-32(5)14-16-34/h7-8,10-12,17-19,29H,9,13-16H2,1-6H3,(H2,30,31,35)/b26-20+. The molecule has 1 aromatic rings. The molecule has 0 radical (unpaired) electrons. The first-order chi connectivity index (χ1) is 16.7. The molecule has 1 saturated heterocycles. The molecule has 0 saturated carbocycles. The van der Waals surface area contributed by atoms with Crippen molar-refractivity contribution in [2.75, 3.05) is 52.6 Å². The summed E-state index contributed by atoms with van der Waals surface area (Å²) in [6.07, 6.45) is 7.16. The highest BCUT2D eigenvalue weighted by Gasteiger charge is 2.20. The number of rotatable bonds is 7. The number of anilines is 1. The van der Waals surface area contributed by atoms with Crippen LogP contribution in [0.15, 0.2) is 69.6 Å². The molecular formula is C27H39BrN6O. The van der Waals surface area contributed by atoms with Gasteiger partial charge in [0.05, 0.1) is 5.70 Å². The molecule has 0 atom stereocenters. The van der Waals surface area contributed by atoms with Gasteiger partial charge in [0.25, 0.3) is 0 Å². The summed E-state index contributed by atoms with van der Waals surface area (Å²) in [7, 11) is 6.04. The third-order valence-electron chi connectivity index (χ3n) is 6.43. The monoisotopic (exact) mass is 542 g/mol. The van der Waals surface area contributed by atoms with Gasteiger partial charge in [0.1, 0.15) is 0 Å². The summed E-state index contributed by atoms with van der Waals surface area (Å²) in [5.41, 5.74) is 9.25. The predicted octanol–water partition coefficient (Wildman–Crippen LogP) is 4.97. The molecular weight excluding hydrogens is 504 g/mol. The molecule has 1 aromatic carbocycles. The molecule has 2 amide bonds. The van der Waals surface area contributed by atoms with Crippen LogP contribution in [0.25, 0.3) is 0 Å². The first kappa shape index (κ1) is 27.0. The van der Waals surface area contributed by atoms with E-state index < -0.39 is 0 Å². The average molecular weight is 544 g/mol. The summed E-state index contributed by atoms with van der Waals surface area (Å²) in [6, 6.07) is 7.75. The van der Waals surface area contributed by atoms with Gasteiger partial charge >= 0.3 is 6.03 Å². The smallest absolute Gasteiger partial charge is 0.323 e. The van der Waals surface area contributed by atoms with Crippen molar-refractivity contribution in [3.63, 3.8) is 0 Å². The summed E-state index contributed by atoms with van der Waals surface area (Å²) in [5.74, 6) is 0.452. The van der Waals surface area contributed by atoms with Crippen LogP contribution in [-0.2, 0) is 0 Å². The fourth-order valence-electron chi connectivity index (χ4n) is 4.27. The van der Waals surface area contributed by atoms with Gasteiger partial charge in [-0.15, -0.1) is 0 Å². The highest BCUT2D eigenvalue weighted by Crippen LogP contribution is 2.29. The Balaban J connectivity index is 1.86. The van der Waals surface area contributed by atoms with E-state index in [4.69, 9.17) is 0 Å². The summed E-state index contributed by atoms with van der Waals surface area (Å²) in [4.78, 5) is 17.7. The van der Waals surface area contributed by atoms with E-state index in [2.05, 4.69) is 93.0 Å².